The summed E-state index contributed by atoms with van der Waals surface area (Å²) in [6.45, 7) is 0. The summed E-state index contributed by atoms with van der Waals surface area (Å²) in [7, 11) is 3.15. The molecule has 6 rings (SSSR count). The molecule has 2 aromatic rings. The molecule has 0 N–H and O–H groups in total. The minimum Gasteiger partial charge on any atom is -0.496 e. The number of nitrogens with zero attached hydrogens (tertiary/aromatic N) is 1. The van der Waals surface area contributed by atoms with E-state index in [4.69, 9.17) is 14.2 Å². The summed E-state index contributed by atoms with van der Waals surface area (Å²) in [6, 6.07) is 15.1. The third-order valence-electron chi connectivity index (χ3n) is 7.69. The Balaban J connectivity index is 1.39. The Kier molecular flexibility index (Phi) is 5.62. The molecule has 4 saturated carbocycles. The van der Waals surface area contributed by atoms with Gasteiger partial charge >= 0.3 is 5.97 Å². The van der Waals surface area contributed by atoms with Gasteiger partial charge in [-0.15, -0.1) is 0 Å². The fourth-order valence-electron chi connectivity index (χ4n) is 6.63. The van der Waals surface area contributed by atoms with E-state index in [-0.39, 0.29) is 11.4 Å². The molecule has 4 aliphatic rings. The van der Waals surface area contributed by atoms with Gasteiger partial charge < -0.3 is 14.2 Å². The number of rotatable bonds is 6. The number of carbonyl (C=O) groups is 1. The molecule has 0 radical (unpaired) electrons. The first-order chi connectivity index (χ1) is 16.0. The zero-order chi connectivity index (χ0) is 23.0. The highest BCUT2D eigenvalue weighted by atomic mass is 16.6. The Morgan fingerprint density at radius 3 is 2.18 bits per heavy atom. The summed E-state index contributed by atoms with van der Waals surface area (Å²) in [5.74, 6) is 3.49. The molecule has 5 heteroatoms. The number of hydrogen-bond donors (Lipinski definition) is 0. The standard InChI is InChI=1S/C28H29NO4/c1-31-24-6-4-3-5-23(24)22(17-29)12-18-7-8-25(26(13-18)32-2)33-27(30)28-14-19-9-20(15-28)11-21(10-19)16-28/h3-8,12-13,19-21H,9-11,14-16H2,1-2H3/b22-12-. The highest BCUT2D eigenvalue weighted by Gasteiger charge is 2.55. The molecule has 5 nitrogen and oxygen atoms in total. The van der Waals surface area contributed by atoms with Crippen LogP contribution in [-0.2, 0) is 4.79 Å². The van der Waals surface area contributed by atoms with E-state index in [2.05, 4.69) is 6.07 Å². The second-order valence-electron chi connectivity index (χ2n) is 9.87. The Bertz CT molecular complexity index is 1110. The number of para-hydroxylation sites is 1. The van der Waals surface area contributed by atoms with Crippen LogP contribution < -0.4 is 14.2 Å². The van der Waals surface area contributed by atoms with Crippen molar-refractivity contribution >= 4 is 17.6 Å². The van der Waals surface area contributed by atoms with E-state index >= 15 is 0 Å². The second kappa shape index (κ2) is 8.59. The first-order valence-corrected chi connectivity index (χ1v) is 11.7. The van der Waals surface area contributed by atoms with Crippen LogP contribution in [0, 0.1) is 34.5 Å². The molecule has 0 aliphatic heterocycles. The predicted octanol–water partition coefficient (Wildman–Crippen LogP) is 5.89. The number of carbonyl (C=O) groups excluding carboxylic acids is 1. The first-order valence-electron chi connectivity index (χ1n) is 11.7. The molecule has 0 heterocycles. The molecule has 0 saturated heterocycles. The van der Waals surface area contributed by atoms with E-state index in [9.17, 15) is 10.1 Å². The van der Waals surface area contributed by atoms with Gasteiger partial charge in [-0.2, -0.15) is 5.26 Å². The molecule has 2 aromatic carbocycles. The maximum atomic E-state index is 13.4. The lowest BCUT2D eigenvalue weighted by atomic mass is 9.49. The van der Waals surface area contributed by atoms with Crippen molar-refractivity contribution in [1.82, 2.24) is 0 Å². The van der Waals surface area contributed by atoms with Gasteiger partial charge in [0.15, 0.2) is 11.5 Å². The third-order valence-corrected chi connectivity index (χ3v) is 7.69. The van der Waals surface area contributed by atoms with Crippen molar-refractivity contribution in [1.29, 1.82) is 5.26 Å². The minimum atomic E-state index is -0.323. The van der Waals surface area contributed by atoms with Crippen molar-refractivity contribution in [3.05, 3.63) is 53.6 Å². The predicted molar refractivity (Wildman–Crippen MR) is 126 cm³/mol. The van der Waals surface area contributed by atoms with Crippen molar-refractivity contribution in [2.75, 3.05) is 14.2 Å². The molecule has 0 atom stereocenters. The Labute approximate surface area is 195 Å². The number of esters is 1. The number of methoxy groups -OCH3 is 2. The summed E-state index contributed by atoms with van der Waals surface area (Å²) in [4.78, 5) is 13.4. The van der Waals surface area contributed by atoms with E-state index in [0.29, 0.717) is 40.6 Å². The summed E-state index contributed by atoms with van der Waals surface area (Å²) in [5, 5.41) is 9.74. The third kappa shape index (κ3) is 3.99. The summed E-state index contributed by atoms with van der Waals surface area (Å²) >= 11 is 0. The van der Waals surface area contributed by atoms with Gasteiger partial charge in [0.25, 0.3) is 0 Å². The number of nitriles is 1. The van der Waals surface area contributed by atoms with Crippen molar-refractivity contribution in [2.24, 2.45) is 23.2 Å². The van der Waals surface area contributed by atoms with Gasteiger partial charge in [-0.05, 0) is 92.2 Å². The van der Waals surface area contributed by atoms with Crippen molar-refractivity contribution in [3.63, 3.8) is 0 Å². The summed E-state index contributed by atoms with van der Waals surface area (Å²) in [5.41, 5.74) is 1.66. The van der Waals surface area contributed by atoms with Crippen LogP contribution in [0.25, 0.3) is 11.6 Å². The summed E-state index contributed by atoms with van der Waals surface area (Å²) in [6.07, 6.45) is 8.52. The SMILES string of the molecule is COc1cc(/C=C(/C#N)c2ccccc2OC)ccc1OC(=O)C12CC3CC(CC(C3)C1)C2. The summed E-state index contributed by atoms with van der Waals surface area (Å²) < 4.78 is 16.9. The molecular formula is C28H29NO4. The van der Waals surface area contributed by atoms with Crippen LogP contribution in [0.2, 0.25) is 0 Å². The molecule has 0 aromatic heterocycles. The Morgan fingerprint density at radius 1 is 0.939 bits per heavy atom. The largest absolute Gasteiger partial charge is 0.496 e. The number of hydrogen-bond acceptors (Lipinski definition) is 5. The van der Waals surface area contributed by atoms with Crippen LogP contribution in [0.4, 0.5) is 0 Å². The normalized spacial score (nSPS) is 27.7. The number of ether oxygens (including phenoxy) is 3. The van der Waals surface area contributed by atoms with Crippen LogP contribution in [0.1, 0.15) is 49.7 Å². The fourth-order valence-corrected chi connectivity index (χ4v) is 6.63. The molecule has 4 aliphatic carbocycles. The van der Waals surface area contributed by atoms with Gasteiger partial charge in [0.1, 0.15) is 5.75 Å². The van der Waals surface area contributed by atoms with Crippen molar-refractivity contribution in [3.8, 4) is 23.3 Å². The Hall–Kier alpha value is -3.26. The average molecular weight is 444 g/mol. The lowest BCUT2D eigenvalue weighted by molar-refractivity contribution is -0.161. The molecule has 170 valence electrons. The lowest BCUT2D eigenvalue weighted by Gasteiger charge is -2.55. The molecule has 4 bridgehead atoms. The van der Waals surface area contributed by atoms with E-state index in [0.717, 1.165) is 30.4 Å². The molecule has 4 fully saturated rings. The molecule has 33 heavy (non-hydrogen) atoms. The van der Waals surface area contributed by atoms with Gasteiger partial charge in [-0.25, -0.2) is 0 Å². The van der Waals surface area contributed by atoms with Gasteiger partial charge in [0.2, 0.25) is 0 Å². The smallest absolute Gasteiger partial charge is 0.317 e. The lowest BCUT2D eigenvalue weighted by Crippen LogP contribution is -2.51. The quantitative estimate of drug-likeness (QED) is 0.241. The molecular weight excluding hydrogens is 414 g/mol. The van der Waals surface area contributed by atoms with Crippen molar-refractivity contribution < 1.29 is 19.0 Å². The topological polar surface area (TPSA) is 68.6 Å². The highest BCUT2D eigenvalue weighted by Crippen LogP contribution is 2.60. The van der Waals surface area contributed by atoms with Crippen LogP contribution in [0.5, 0.6) is 17.2 Å². The van der Waals surface area contributed by atoms with E-state index in [1.807, 2.05) is 30.3 Å². The molecule has 0 amide bonds. The molecule has 0 unspecified atom stereocenters. The number of benzene rings is 2. The van der Waals surface area contributed by atoms with E-state index in [1.54, 1.807) is 32.4 Å². The zero-order valence-corrected chi connectivity index (χ0v) is 19.2. The van der Waals surface area contributed by atoms with E-state index in [1.165, 1.54) is 19.3 Å². The maximum Gasteiger partial charge on any atom is 0.317 e. The number of allylic oxidation sites excluding steroid dienone is 1. The monoisotopic (exact) mass is 443 g/mol. The van der Waals surface area contributed by atoms with Crippen molar-refractivity contribution in [2.45, 2.75) is 38.5 Å². The Morgan fingerprint density at radius 2 is 1.58 bits per heavy atom. The van der Waals surface area contributed by atoms with Crippen LogP contribution >= 0.6 is 0 Å². The van der Waals surface area contributed by atoms with Crippen LogP contribution in [0.3, 0.4) is 0 Å². The molecule has 0 spiro atoms. The average Bonchev–Trinajstić information content (AvgIpc) is 2.82. The van der Waals surface area contributed by atoms with Gasteiger partial charge in [-0.1, -0.05) is 18.2 Å². The first kappa shape index (κ1) is 21.6. The zero-order valence-electron chi connectivity index (χ0n) is 19.2. The minimum absolute atomic E-state index is 0.102. The second-order valence-corrected chi connectivity index (χ2v) is 9.87. The maximum absolute atomic E-state index is 13.4. The highest BCUT2D eigenvalue weighted by molar-refractivity contribution is 5.92. The van der Waals surface area contributed by atoms with Crippen LogP contribution in [-0.4, -0.2) is 20.2 Å². The van der Waals surface area contributed by atoms with Crippen LogP contribution in [0.15, 0.2) is 42.5 Å². The van der Waals surface area contributed by atoms with E-state index < -0.39 is 0 Å². The van der Waals surface area contributed by atoms with Gasteiger partial charge in [0, 0.05) is 5.56 Å². The van der Waals surface area contributed by atoms with Gasteiger partial charge in [-0.3, -0.25) is 4.79 Å². The fraction of sp³-hybridized carbons (Fsp3) is 0.429. The van der Waals surface area contributed by atoms with Gasteiger partial charge in [0.05, 0.1) is 31.3 Å².